The monoisotopic (exact) mass is 226 g/mol. The SMILES string of the molecule is O=C(O)C1=CCC(Cl)(C(F)(F)F)C=C1. The Morgan fingerprint density at radius 3 is 2.43 bits per heavy atom. The molecule has 0 radical (unpaired) electrons. The highest BCUT2D eigenvalue weighted by atomic mass is 35.5. The lowest BCUT2D eigenvalue weighted by Gasteiger charge is -2.27. The van der Waals surface area contributed by atoms with Crippen molar-refractivity contribution in [3.8, 4) is 0 Å². The molecule has 0 spiro atoms. The van der Waals surface area contributed by atoms with E-state index in [4.69, 9.17) is 16.7 Å². The fourth-order valence-corrected chi connectivity index (χ4v) is 1.13. The van der Waals surface area contributed by atoms with E-state index in [9.17, 15) is 18.0 Å². The maximum Gasteiger partial charge on any atom is 0.411 e. The number of hydrogen-bond acceptors (Lipinski definition) is 1. The Kier molecular flexibility index (Phi) is 2.63. The molecule has 1 aliphatic carbocycles. The predicted octanol–water partition coefficient (Wildman–Crippen LogP) is 2.50. The summed E-state index contributed by atoms with van der Waals surface area (Å²) in [6, 6.07) is 0. The van der Waals surface area contributed by atoms with Gasteiger partial charge in [-0.05, 0) is 12.5 Å². The predicted molar refractivity (Wildman–Crippen MR) is 44.1 cm³/mol. The molecule has 1 rings (SSSR count). The first-order chi connectivity index (χ1) is 6.26. The summed E-state index contributed by atoms with van der Waals surface area (Å²) in [4.78, 5) is 7.90. The van der Waals surface area contributed by atoms with Crippen molar-refractivity contribution in [3.63, 3.8) is 0 Å². The third-order valence-electron chi connectivity index (χ3n) is 1.86. The molecular formula is C8H6ClF3O2. The standard InChI is InChI=1S/C8H6ClF3O2/c9-7(8(10,11)12)3-1-5(2-4-7)6(13)14/h1-3H,4H2,(H,13,14). The summed E-state index contributed by atoms with van der Waals surface area (Å²) < 4.78 is 36.9. The van der Waals surface area contributed by atoms with Gasteiger partial charge in [-0.25, -0.2) is 4.79 Å². The third-order valence-corrected chi connectivity index (χ3v) is 2.36. The fourth-order valence-electron chi connectivity index (χ4n) is 0.985. The Morgan fingerprint density at radius 2 is 2.14 bits per heavy atom. The lowest BCUT2D eigenvalue weighted by molar-refractivity contribution is -0.150. The third kappa shape index (κ3) is 1.92. The normalized spacial score (nSPS) is 27.3. The van der Waals surface area contributed by atoms with Crippen LogP contribution in [0.1, 0.15) is 6.42 Å². The van der Waals surface area contributed by atoms with Gasteiger partial charge in [0.05, 0.1) is 5.57 Å². The molecule has 1 atom stereocenters. The first-order valence-corrected chi connectivity index (χ1v) is 4.02. The second kappa shape index (κ2) is 3.31. The van der Waals surface area contributed by atoms with Gasteiger partial charge in [0, 0.05) is 0 Å². The molecule has 2 nitrogen and oxygen atoms in total. The molecule has 0 amide bonds. The molecule has 0 fully saturated rings. The van der Waals surface area contributed by atoms with Crippen LogP contribution in [0.25, 0.3) is 0 Å². The minimum absolute atomic E-state index is 0.175. The number of carboxylic acid groups (broad SMARTS) is 1. The van der Waals surface area contributed by atoms with Crippen LogP contribution in [0.4, 0.5) is 13.2 Å². The highest BCUT2D eigenvalue weighted by molar-refractivity contribution is 6.26. The van der Waals surface area contributed by atoms with Crippen LogP contribution < -0.4 is 0 Å². The molecule has 14 heavy (non-hydrogen) atoms. The van der Waals surface area contributed by atoms with Crippen molar-refractivity contribution in [2.24, 2.45) is 0 Å². The van der Waals surface area contributed by atoms with Crippen molar-refractivity contribution < 1.29 is 23.1 Å². The zero-order valence-electron chi connectivity index (χ0n) is 6.81. The molecule has 0 saturated heterocycles. The number of carbonyl (C=O) groups is 1. The minimum atomic E-state index is -4.58. The molecule has 6 heteroatoms. The average molecular weight is 227 g/mol. The number of halogens is 4. The zero-order valence-corrected chi connectivity index (χ0v) is 7.56. The van der Waals surface area contributed by atoms with Crippen molar-refractivity contribution in [2.75, 3.05) is 0 Å². The molecule has 0 heterocycles. The van der Waals surface area contributed by atoms with Crippen molar-refractivity contribution in [1.29, 1.82) is 0 Å². The van der Waals surface area contributed by atoms with E-state index in [1.165, 1.54) is 0 Å². The van der Waals surface area contributed by atoms with Gasteiger partial charge in [0.15, 0.2) is 4.87 Å². The number of alkyl halides is 4. The largest absolute Gasteiger partial charge is 0.478 e. The number of hydrogen-bond donors (Lipinski definition) is 1. The lowest BCUT2D eigenvalue weighted by Crippen LogP contribution is -2.38. The van der Waals surface area contributed by atoms with Gasteiger partial charge >= 0.3 is 12.1 Å². The van der Waals surface area contributed by atoms with Gasteiger partial charge in [-0.3, -0.25) is 0 Å². The van der Waals surface area contributed by atoms with Gasteiger partial charge in [0.25, 0.3) is 0 Å². The quantitative estimate of drug-likeness (QED) is 0.698. The van der Waals surface area contributed by atoms with E-state index >= 15 is 0 Å². The number of rotatable bonds is 1. The summed E-state index contributed by atoms with van der Waals surface area (Å²) in [7, 11) is 0. The first kappa shape index (κ1) is 11.1. The van der Waals surface area contributed by atoms with E-state index in [0.717, 1.165) is 12.2 Å². The zero-order chi connectivity index (χ0) is 11.0. The van der Waals surface area contributed by atoms with Crippen molar-refractivity contribution in [2.45, 2.75) is 17.5 Å². The summed E-state index contributed by atoms with van der Waals surface area (Å²) in [5.41, 5.74) is -0.175. The van der Waals surface area contributed by atoms with Crippen molar-refractivity contribution >= 4 is 17.6 Å². The fraction of sp³-hybridized carbons (Fsp3) is 0.375. The van der Waals surface area contributed by atoms with Gasteiger partial charge in [-0.15, -0.1) is 11.6 Å². The molecular weight excluding hydrogens is 221 g/mol. The van der Waals surface area contributed by atoms with Crippen LogP contribution in [0.15, 0.2) is 23.8 Å². The number of carboxylic acids is 1. The first-order valence-electron chi connectivity index (χ1n) is 3.64. The molecule has 0 aromatic rings. The van der Waals surface area contributed by atoms with Crippen LogP contribution in [0.2, 0.25) is 0 Å². The second-order valence-electron chi connectivity index (χ2n) is 2.86. The van der Waals surface area contributed by atoms with Crippen LogP contribution in [0.5, 0.6) is 0 Å². The van der Waals surface area contributed by atoms with Gasteiger partial charge in [-0.1, -0.05) is 12.2 Å². The van der Waals surface area contributed by atoms with E-state index in [0.29, 0.717) is 6.08 Å². The van der Waals surface area contributed by atoms with Crippen LogP contribution in [0.3, 0.4) is 0 Å². The molecule has 1 aliphatic rings. The highest BCUT2D eigenvalue weighted by Gasteiger charge is 2.52. The number of allylic oxidation sites excluding steroid dienone is 2. The average Bonchev–Trinajstić information content (AvgIpc) is 2.03. The summed E-state index contributed by atoms with van der Waals surface area (Å²) in [5.74, 6) is -1.26. The summed E-state index contributed by atoms with van der Waals surface area (Å²) >= 11 is 5.27. The summed E-state index contributed by atoms with van der Waals surface area (Å²) in [6.07, 6.45) is -2.64. The van der Waals surface area contributed by atoms with E-state index in [-0.39, 0.29) is 5.57 Å². The molecule has 1 N–H and O–H groups in total. The van der Waals surface area contributed by atoms with E-state index in [2.05, 4.69) is 0 Å². The molecule has 78 valence electrons. The van der Waals surface area contributed by atoms with Gasteiger partial charge in [0.2, 0.25) is 0 Å². The van der Waals surface area contributed by atoms with Crippen molar-refractivity contribution in [1.82, 2.24) is 0 Å². The Labute approximate surface area is 82.7 Å². The molecule has 1 unspecified atom stereocenters. The van der Waals surface area contributed by atoms with Crippen molar-refractivity contribution in [3.05, 3.63) is 23.8 Å². The molecule has 0 saturated carbocycles. The lowest BCUT2D eigenvalue weighted by atomic mass is 9.95. The smallest absolute Gasteiger partial charge is 0.411 e. The van der Waals surface area contributed by atoms with Gasteiger partial charge in [-0.2, -0.15) is 13.2 Å². The Bertz CT molecular complexity index is 319. The maximum atomic E-state index is 12.3. The molecule has 0 aromatic heterocycles. The van der Waals surface area contributed by atoms with Crippen LogP contribution in [0, 0.1) is 0 Å². The molecule has 0 aromatic carbocycles. The van der Waals surface area contributed by atoms with Gasteiger partial charge in [0.1, 0.15) is 0 Å². The van der Waals surface area contributed by atoms with Crippen LogP contribution >= 0.6 is 11.6 Å². The molecule has 0 bridgehead atoms. The minimum Gasteiger partial charge on any atom is -0.478 e. The maximum absolute atomic E-state index is 12.3. The highest BCUT2D eigenvalue weighted by Crippen LogP contribution is 2.42. The second-order valence-corrected chi connectivity index (χ2v) is 3.54. The summed E-state index contributed by atoms with van der Waals surface area (Å²) in [6.45, 7) is 0. The van der Waals surface area contributed by atoms with E-state index in [1.54, 1.807) is 0 Å². The summed E-state index contributed by atoms with van der Waals surface area (Å²) in [5, 5.41) is 8.47. The Hall–Kier alpha value is -0.970. The molecule has 0 aliphatic heterocycles. The van der Waals surface area contributed by atoms with Gasteiger partial charge < -0.3 is 5.11 Å². The van der Waals surface area contributed by atoms with Crippen LogP contribution in [-0.4, -0.2) is 22.1 Å². The van der Waals surface area contributed by atoms with E-state index < -0.39 is 23.4 Å². The number of aliphatic carboxylic acids is 1. The van der Waals surface area contributed by atoms with E-state index in [1.807, 2.05) is 0 Å². The Balaban J connectivity index is 2.88. The Morgan fingerprint density at radius 1 is 1.57 bits per heavy atom. The topological polar surface area (TPSA) is 37.3 Å². The van der Waals surface area contributed by atoms with Crippen LogP contribution in [-0.2, 0) is 4.79 Å².